The highest BCUT2D eigenvalue weighted by Crippen LogP contribution is 2.35. The van der Waals surface area contributed by atoms with Gasteiger partial charge in [0, 0.05) is 6.54 Å². The molecule has 1 aromatic heterocycles. The van der Waals surface area contributed by atoms with Crippen molar-refractivity contribution in [2.75, 3.05) is 13.1 Å². The number of hydrogen-bond donors (Lipinski definition) is 1. The molecule has 1 aliphatic rings. The zero-order chi connectivity index (χ0) is 19.0. The predicted octanol–water partition coefficient (Wildman–Crippen LogP) is 4.08. The highest BCUT2D eigenvalue weighted by molar-refractivity contribution is 5.84. The first kappa shape index (κ1) is 17.9. The van der Waals surface area contributed by atoms with Crippen LogP contribution in [0, 0.1) is 0 Å². The Hall–Kier alpha value is -2.45. The molecule has 0 amide bonds. The van der Waals surface area contributed by atoms with Gasteiger partial charge in [0.1, 0.15) is 11.0 Å². The molecule has 27 heavy (non-hydrogen) atoms. The lowest BCUT2D eigenvalue weighted by atomic mass is 9.98. The van der Waals surface area contributed by atoms with E-state index in [4.69, 9.17) is 4.63 Å². The van der Waals surface area contributed by atoms with Gasteiger partial charge < -0.3 is 5.11 Å². The molecule has 1 atom stereocenters. The van der Waals surface area contributed by atoms with Crippen LogP contribution in [-0.2, 0) is 6.54 Å². The summed E-state index contributed by atoms with van der Waals surface area (Å²) < 4.78 is 43.4. The summed E-state index contributed by atoms with van der Waals surface area (Å²) in [5.41, 5.74) is 3.24. The fraction of sp³-hybridized carbons (Fsp3) is 0.368. The third-order valence-corrected chi connectivity index (χ3v) is 4.88. The van der Waals surface area contributed by atoms with Crippen molar-refractivity contribution >= 4 is 11.0 Å². The van der Waals surface area contributed by atoms with Crippen LogP contribution < -0.4 is 0 Å². The van der Waals surface area contributed by atoms with Gasteiger partial charge in [-0.1, -0.05) is 18.2 Å². The summed E-state index contributed by atoms with van der Waals surface area (Å²) in [5.74, 6) is 0. The van der Waals surface area contributed by atoms with Crippen LogP contribution in [0.5, 0.6) is 0 Å². The molecule has 142 valence electrons. The van der Waals surface area contributed by atoms with E-state index in [2.05, 4.69) is 15.2 Å². The molecule has 1 saturated heterocycles. The van der Waals surface area contributed by atoms with E-state index in [1.165, 1.54) is 18.2 Å². The Balaban J connectivity index is 1.73. The van der Waals surface area contributed by atoms with Crippen LogP contribution >= 0.6 is 0 Å². The van der Waals surface area contributed by atoms with Crippen LogP contribution in [0.2, 0.25) is 0 Å². The van der Waals surface area contributed by atoms with Gasteiger partial charge in [-0.2, -0.15) is 13.2 Å². The summed E-state index contributed by atoms with van der Waals surface area (Å²) in [6.07, 6.45) is -4.92. The first-order valence-corrected chi connectivity index (χ1v) is 8.74. The Morgan fingerprint density at radius 3 is 2.59 bits per heavy atom. The van der Waals surface area contributed by atoms with Gasteiger partial charge in [-0.15, -0.1) is 0 Å². The van der Waals surface area contributed by atoms with Crippen molar-refractivity contribution in [2.45, 2.75) is 31.7 Å². The average Bonchev–Trinajstić information content (AvgIpc) is 3.32. The minimum Gasteiger partial charge on any atom is -0.379 e. The van der Waals surface area contributed by atoms with Crippen LogP contribution in [0.3, 0.4) is 0 Å². The van der Waals surface area contributed by atoms with E-state index in [0.717, 1.165) is 31.5 Å². The van der Waals surface area contributed by atoms with E-state index in [9.17, 15) is 18.3 Å². The van der Waals surface area contributed by atoms with Gasteiger partial charge in [-0.3, -0.25) is 4.90 Å². The molecule has 1 aliphatic heterocycles. The minimum atomic E-state index is -4.71. The van der Waals surface area contributed by atoms with Crippen molar-refractivity contribution in [3.8, 4) is 11.1 Å². The second kappa shape index (κ2) is 6.94. The van der Waals surface area contributed by atoms with E-state index >= 15 is 0 Å². The van der Waals surface area contributed by atoms with E-state index < -0.39 is 12.3 Å². The number of fused-ring (bicyclic) bond motifs is 1. The molecule has 0 spiro atoms. The van der Waals surface area contributed by atoms with Gasteiger partial charge in [0.15, 0.2) is 6.10 Å². The van der Waals surface area contributed by atoms with Crippen LogP contribution in [0.15, 0.2) is 41.0 Å². The molecule has 8 heteroatoms. The zero-order valence-electron chi connectivity index (χ0n) is 14.4. The number of alkyl halides is 3. The number of benzene rings is 2. The summed E-state index contributed by atoms with van der Waals surface area (Å²) in [6.45, 7) is 2.69. The fourth-order valence-corrected chi connectivity index (χ4v) is 3.50. The molecule has 0 saturated carbocycles. The fourth-order valence-electron chi connectivity index (χ4n) is 3.50. The van der Waals surface area contributed by atoms with E-state index in [1.807, 2.05) is 6.07 Å². The van der Waals surface area contributed by atoms with Crippen molar-refractivity contribution in [1.29, 1.82) is 0 Å². The normalized spacial score (nSPS) is 16.9. The lowest BCUT2D eigenvalue weighted by Crippen LogP contribution is -2.20. The molecule has 0 bridgehead atoms. The molecule has 3 aromatic rings. The monoisotopic (exact) mass is 377 g/mol. The Kier molecular flexibility index (Phi) is 4.61. The Morgan fingerprint density at radius 1 is 1.07 bits per heavy atom. The standard InChI is InChI=1S/C19H18F3N3O2/c20-19(21,22)18(26)13-5-3-4-12(8-13)14-9-15(11-25-6-1-2-7-25)17-16(10-14)23-27-24-17/h3-5,8-10,18,26H,1-2,6-7,11H2. The highest BCUT2D eigenvalue weighted by Gasteiger charge is 2.39. The third-order valence-electron chi connectivity index (χ3n) is 4.88. The third kappa shape index (κ3) is 3.68. The first-order valence-electron chi connectivity index (χ1n) is 8.74. The SMILES string of the molecule is OC(c1cccc(-c2cc(CN3CCCC3)c3nonc3c2)c1)C(F)(F)F. The quantitative estimate of drug-likeness (QED) is 0.742. The number of nitrogens with zero attached hydrogens (tertiary/aromatic N) is 3. The number of rotatable bonds is 4. The second-order valence-electron chi connectivity index (χ2n) is 6.82. The lowest BCUT2D eigenvalue weighted by molar-refractivity contribution is -0.206. The maximum atomic E-state index is 12.8. The number of halogens is 3. The van der Waals surface area contributed by atoms with Gasteiger partial charge >= 0.3 is 6.18 Å². The summed E-state index contributed by atoms with van der Waals surface area (Å²) in [4.78, 5) is 2.30. The first-order chi connectivity index (χ1) is 12.9. The van der Waals surface area contributed by atoms with Crippen LogP contribution in [-0.4, -0.2) is 39.6 Å². The van der Waals surface area contributed by atoms with Crippen molar-refractivity contribution < 1.29 is 22.9 Å². The topological polar surface area (TPSA) is 62.4 Å². The second-order valence-corrected chi connectivity index (χ2v) is 6.82. The molecule has 1 fully saturated rings. The molecule has 1 N–H and O–H groups in total. The average molecular weight is 377 g/mol. The Labute approximate surface area is 153 Å². The molecule has 4 rings (SSSR count). The predicted molar refractivity (Wildman–Crippen MR) is 92.8 cm³/mol. The lowest BCUT2D eigenvalue weighted by Gasteiger charge is -2.17. The zero-order valence-corrected chi connectivity index (χ0v) is 14.4. The molecule has 0 aliphatic carbocycles. The van der Waals surface area contributed by atoms with Crippen molar-refractivity contribution in [3.63, 3.8) is 0 Å². The van der Waals surface area contributed by atoms with Gasteiger partial charge in [0.25, 0.3) is 0 Å². The van der Waals surface area contributed by atoms with Gasteiger partial charge in [0.2, 0.25) is 0 Å². The summed E-state index contributed by atoms with van der Waals surface area (Å²) >= 11 is 0. The number of likely N-dealkylation sites (tertiary alicyclic amines) is 1. The van der Waals surface area contributed by atoms with E-state index in [-0.39, 0.29) is 5.56 Å². The van der Waals surface area contributed by atoms with E-state index in [0.29, 0.717) is 28.7 Å². The molecule has 2 heterocycles. The van der Waals surface area contributed by atoms with Gasteiger partial charge in [-0.25, -0.2) is 4.63 Å². The summed E-state index contributed by atoms with van der Waals surface area (Å²) in [6, 6.07) is 9.48. The Morgan fingerprint density at radius 2 is 1.85 bits per heavy atom. The van der Waals surface area contributed by atoms with Crippen molar-refractivity contribution in [2.24, 2.45) is 0 Å². The molecule has 0 radical (unpaired) electrons. The maximum Gasteiger partial charge on any atom is 0.418 e. The smallest absolute Gasteiger partial charge is 0.379 e. The van der Waals surface area contributed by atoms with Crippen LogP contribution in [0.4, 0.5) is 13.2 Å². The molecule has 5 nitrogen and oxygen atoms in total. The Bertz CT molecular complexity index is 949. The molecule has 2 aromatic carbocycles. The minimum absolute atomic E-state index is 0.195. The molecular weight excluding hydrogens is 359 g/mol. The van der Waals surface area contributed by atoms with Crippen LogP contribution in [0.25, 0.3) is 22.2 Å². The number of aliphatic hydroxyl groups is 1. The highest BCUT2D eigenvalue weighted by atomic mass is 19.4. The van der Waals surface area contributed by atoms with Crippen molar-refractivity contribution in [1.82, 2.24) is 15.2 Å². The van der Waals surface area contributed by atoms with Crippen molar-refractivity contribution in [3.05, 3.63) is 47.5 Å². The number of aromatic nitrogens is 2. The largest absolute Gasteiger partial charge is 0.418 e. The summed E-state index contributed by atoms with van der Waals surface area (Å²) in [5, 5.41) is 17.4. The number of aliphatic hydroxyl groups excluding tert-OH is 1. The number of hydrogen-bond acceptors (Lipinski definition) is 5. The molecular formula is C19H18F3N3O2. The summed E-state index contributed by atoms with van der Waals surface area (Å²) in [7, 11) is 0. The molecule has 1 unspecified atom stereocenters. The van der Waals surface area contributed by atoms with E-state index in [1.54, 1.807) is 12.1 Å². The van der Waals surface area contributed by atoms with Gasteiger partial charge in [0.05, 0.1) is 0 Å². The maximum absolute atomic E-state index is 12.8. The van der Waals surface area contributed by atoms with Gasteiger partial charge in [-0.05, 0) is 76.7 Å². The van der Waals surface area contributed by atoms with Crippen LogP contribution in [0.1, 0.15) is 30.1 Å².